The van der Waals surface area contributed by atoms with E-state index in [2.05, 4.69) is 53.5 Å². The van der Waals surface area contributed by atoms with Crippen molar-refractivity contribution in [2.75, 3.05) is 32.0 Å². The Kier molecular flexibility index (Phi) is 16.5. The van der Waals surface area contributed by atoms with Gasteiger partial charge in [0.1, 0.15) is 4.90 Å². The van der Waals surface area contributed by atoms with Crippen molar-refractivity contribution in [2.24, 2.45) is 17.8 Å². The molecule has 0 radical (unpaired) electrons. The molecule has 37 heavy (non-hydrogen) atoms. The van der Waals surface area contributed by atoms with Crippen LogP contribution in [0.15, 0.2) is 53.4 Å². The monoisotopic (exact) mass is 531 g/mol. The third-order valence-corrected chi connectivity index (χ3v) is 8.51. The second-order valence-corrected chi connectivity index (χ2v) is 11.3. The summed E-state index contributed by atoms with van der Waals surface area (Å²) < 4.78 is 28.4. The number of para-hydroxylation sites is 1. The van der Waals surface area contributed by atoms with Gasteiger partial charge < -0.3 is 10.6 Å². The number of benzene rings is 2. The zero-order valence-electron chi connectivity index (χ0n) is 24.4. The minimum absolute atomic E-state index is 0.310. The maximum atomic E-state index is 12.8. The lowest BCUT2D eigenvalue weighted by Gasteiger charge is -2.25. The SMILES string of the molecule is CC.CC.CC[C@@H](CC[C@H](C)CNCC1CCc2ccccc2C1)CNS(=O)(=O)c1ccccc1NC. The van der Waals surface area contributed by atoms with Gasteiger partial charge in [-0.25, -0.2) is 13.1 Å². The van der Waals surface area contributed by atoms with E-state index in [0.29, 0.717) is 29.0 Å². The van der Waals surface area contributed by atoms with Crippen LogP contribution in [0.1, 0.15) is 78.4 Å². The molecule has 0 aliphatic heterocycles. The molecule has 2 aromatic carbocycles. The third kappa shape index (κ3) is 11.2. The van der Waals surface area contributed by atoms with Crippen molar-refractivity contribution in [1.82, 2.24) is 10.0 Å². The number of hydrogen-bond acceptors (Lipinski definition) is 4. The lowest BCUT2D eigenvalue weighted by atomic mass is 9.84. The number of hydrogen-bond donors (Lipinski definition) is 3. The van der Waals surface area contributed by atoms with Crippen LogP contribution < -0.4 is 15.4 Å². The van der Waals surface area contributed by atoms with Crippen molar-refractivity contribution in [2.45, 2.75) is 85.0 Å². The molecule has 0 saturated heterocycles. The first-order chi connectivity index (χ1) is 17.9. The van der Waals surface area contributed by atoms with Crippen LogP contribution in [0.3, 0.4) is 0 Å². The molecule has 1 unspecified atom stereocenters. The molecule has 2 aromatic rings. The van der Waals surface area contributed by atoms with E-state index < -0.39 is 10.0 Å². The Morgan fingerprint density at radius 3 is 2.24 bits per heavy atom. The third-order valence-electron chi connectivity index (χ3n) is 7.03. The highest BCUT2D eigenvalue weighted by Gasteiger charge is 2.20. The van der Waals surface area contributed by atoms with Gasteiger partial charge in [0.05, 0.1) is 5.69 Å². The van der Waals surface area contributed by atoms with E-state index in [1.54, 1.807) is 25.2 Å². The van der Waals surface area contributed by atoms with Crippen LogP contribution in [-0.2, 0) is 22.9 Å². The predicted octanol–water partition coefficient (Wildman–Crippen LogP) is 6.90. The average molecular weight is 532 g/mol. The zero-order chi connectivity index (χ0) is 27.7. The summed E-state index contributed by atoms with van der Waals surface area (Å²) in [7, 11) is -1.78. The lowest BCUT2D eigenvalue weighted by molar-refractivity contribution is 0.364. The van der Waals surface area contributed by atoms with E-state index in [0.717, 1.165) is 38.3 Å². The molecule has 0 fully saturated rings. The van der Waals surface area contributed by atoms with Gasteiger partial charge in [0, 0.05) is 13.6 Å². The van der Waals surface area contributed by atoms with Gasteiger partial charge in [-0.2, -0.15) is 0 Å². The first-order valence-electron chi connectivity index (χ1n) is 14.5. The van der Waals surface area contributed by atoms with E-state index in [1.807, 2.05) is 33.8 Å². The standard InChI is InChI=1S/C27H41N3O2S.2C2H6/c1-4-22(20-30-33(31,32)27-12-8-7-11-26(27)28-3)14-13-21(2)18-29-19-23-15-16-24-9-5-6-10-25(24)17-23;2*1-2/h5-12,21-23,28-30H,4,13-20H2,1-3H3;2*1-2H3/t21-,22-,23?;;/m0../s1. The minimum atomic E-state index is -3.52. The molecule has 5 nitrogen and oxygen atoms in total. The summed E-state index contributed by atoms with van der Waals surface area (Å²) >= 11 is 0. The van der Waals surface area contributed by atoms with Crippen molar-refractivity contribution in [3.05, 3.63) is 59.7 Å². The van der Waals surface area contributed by atoms with Crippen LogP contribution >= 0.6 is 0 Å². The van der Waals surface area contributed by atoms with Gasteiger partial charge in [0.25, 0.3) is 0 Å². The summed E-state index contributed by atoms with van der Waals surface area (Å²) in [4.78, 5) is 0.310. The van der Waals surface area contributed by atoms with Gasteiger partial charge in [-0.3, -0.25) is 0 Å². The molecule has 1 aliphatic carbocycles. The summed E-state index contributed by atoms with van der Waals surface area (Å²) in [5.74, 6) is 1.65. The molecule has 0 saturated carbocycles. The number of anilines is 1. The topological polar surface area (TPSA) is 70.2 Å². The highest BCUT2D eigenvalue weighted by Crippen LogP contribution is 2.25. The molecule has 3 atom stereocenters. The van der Waals surface area contributed by atoms with Crippen LogP contribution in [0.4, 0.5) is 5.69 Å². The Labute approximate surface area is 228 Å². The zero-order valence-corrected chi connectivity index (χ0v) is 25.3. The Morgan fingerprint density at radius 2 is 1.57 bits per heavy atom. The van der Waals surface area contributed by atoms with Gasteiger partial charge >= 0.3 is 0 Å². The van der Waals surface area contributed by atoms with Gasteiger partial charge in [0.15, 0.2) is 0 Å². The first-order valence-corrected chi connectivity index (χ1v) is 15.9. The van der Waals surface area contributed by atoms with Crippen molar-refractivity contribution < 1.29 is 8.42 Å². The van der Waals surface area contributed by atoms with Crippen LogP contribution in [0.2, 0.25) is 0 Å². The molecular weight excluding hydrogens is 478 g/mol. The van der Waals surface area contributed by atoms with Crippen LogP contribution in [0.25, 0.3) is 0 Å². The molecule has 0 amide bonds. The van der Waals surface area contributed by atoms with Crippen molar-refractivity contribution >= 4 is 15.7 Å². The van der Waals surface area contributed by atoms with Crippen molar-refractivity contribution in [1.29, 1.82) is 0 Å². The average Bonchev–Trinajstić information content (AvgIpc) is 2.95. The molecule has 6 heteroatoms. The van der Waals surface area contributed by atoms with Crippen molar-refractivity contribution in [3.8, 4) is 0 Å². The Bertz CT molecular complexity index is 978. The predicted molar refractivity (Wildman–Crippen MR) is 161 cm³/mol. The van der Waals surface area contributed by atoms with Gasteiger partial charge in [0.2, 0.25) is 10.0 Å². The number of aryl methyl sites for hydroxylation is 1. The van der Waals surface area contributed by atoms with E-state index >= 15 is 0 Å². The highest BCUT2D eigenvalue weighted by molar-refractivity contribution is 7.89. The summed E-state index contributed by atoms with van der Waals surface area (Å²) in [6, 6.07) is 15.9. The second kappa shape index (κ2) is 18.4. The fourth-order valence-corrected chi connectivity index (χ4v) is 6.09. The molecule has 3 rings (SSSR count). The highest BCUT2D eigenvalue weighted by atomic mass is 32.2. The van der Waals surface area contributed by atoms with E-state index in [-0.39, 0.29) is 0 Å². The minimum Gasteiger partial charge on any atom is -0.387 e. The Hall–Kier alpha value is -1.89. The molecule has 0 spiro atoms. The van der Waals surface area contributed by atoms with E-state index in [4.69, 9.17) is 0 Å². The van der Waals surface area contributed by atoms with Crippen LogP contribution in [0.5, 0.6) is 0 Å². The van der Waals surface area contributed by atoms with E-state index in [1.165, 1.54) is 30.4 Å². The number of nitrogens with one attached hydrogen (secondary N) is 3. The summed E-state index contributed by atoms with van der Waals surface area (Å²) in [6.45, 7) is 15.0. The maximum absolute atomic E-state index is 12.8. The normalized spacial score (nSPS) is 16.2. The summed E-state index contributed by atoms with van der Waals surface area (Å²) in [6.07, 6.45) is 6.77. The number of rotatable bonds is 13. The molecule has 0 heterocycles. The second-order valence-electron chi connectivity index (χ2n) is 9.59. The van der Waals surface area contributed by atoms with Crippen molar-refractivity contribution in [3.63, 3.8) is 0 Å². The lowest BCUT2D eigenvalue weighted by Crippen LogP contribution is -2.31. The summed E-state index contributed by atoms with van der Waals surface area (Å²) in [5.41, 5.74) is 3.67. The number of sulfonamides is 1. The maximum Gasteiger partial charge on any atom is 0.242 e. The fraction of sp³-hybridized carbons (Fsp3) is 0.613. The van der Waals surface area contributed by atoms with Gasteiger partial charge in [-0.15, -0.1) is 0 Å². The molecule has 0 aromatic heterocycles. The van der Waals surface area contributed by atoms with Gasteiger partial charge in [-0.05, 0) is 86.2 Å². The molecule has 3 N–H and O–H groups in total. The van der Waals surface area contributed by atoms with Crippen LogP contribution in [-0.4, -0.2) is 35.1 Å². The quantitative estimate of drug-likeness (QED) is 0.263. The Morgan fingerprint density at radius 1 is 0.919 bits per heavy atom. The molecular formula is C31H53N3O2S. The first kappa shape index (κ1) is 33.1. The van der Waals surface area contributed by atoms with Crippen LogP contribution in [0, 0.1) is 17.8 Å². The fourth-order valence-electron chi connectivity index (χ4n) is 4.77. The largest absolute Gasteiger partial charge is 0.387 e. The molecule has 210 valence electrons. The van der Waals surface area contributed by atoms with Gasteiger partial charge in [-0.1, -0.05) is 84.4 Å². The molecule has 1 aliphatic rings. The summed E-state index contributed by atoms with van der Waals surface area (Å²) in [5, 5.41) is 6.66. The molecule has 0 bridgehead atoms. The number of fused-ring (bicyclic) bond motifs is 1. The smallest absolute Gasteiger partial charge is 0.242 e. The van der Waals surface area contributed by atoms with E-state index in [9.17, 15) is 8.42 Å². The Balaban J connectivity index is 0.00000163.